The monoisotopic (exact) mass is 156 g/mol. The first-order chi connectivity index (χ1) is 4.95. The largest absolute Gasteiger partial charge is 0.392 e. The SMILES string of the molecule is C=CC[C@@](C)(C(C)=O)[C@H](C)O. The van der Waals surface area contributed by atoms with E-state index in [-0.39, 0.29) is 5.78 Å². The minimum absolute atomic E-state index is 0.00685. The molecule has 0 amide bonds. The highest BCUT2D eigenvalue weighted by Gasteiger charge is 2.33. The van der Waals surface area contributed by atoms with Gasteiger partial charge in [0.05, 0.1) is 11.5 Å². The molecule has 11 heavy (non-hydrogen) atoms. The molecule has 1 N–H and O–H groups in total. The molecular weight excluding hydrogens is 140 g/mol. The fourth-order valence-corrected chi connectivity index (χ4v) is 0.908. The quantitative estimate of drug-likeness (QED) is 0.627. The Morgan fingerprint density at radius 3 is 2.36 bits per heavy atom. The average Bonchev–Trinajstić information content (AvgIpc) is 1.87. The van der Waals surface area contributed by atoms with Gasteiger partial charge in [-0.25, -0.2) is 0 Å². The van der Waals surface area contributed by atoms with E-state index >= 15 is 0 Å². The number of carbonyl (C=O) groups is 1. The number of rotatable bonds is 4. The lowest BCUT2D eigenvalue weighted by atomic mass is 9.78. The normalized spacial score (nSPS) is 18.5. The molecule has 0 aromatic carbocycles. The molecule has 0 saturated heterocycles. The van der Waals surface area contributed by atoms with E-state index in [4.69, 9.17) is 0 Å². The van der Waals surface area contributed by atoms with Gasteiger partial charge in [-0.15, -0.1) is 6.58 Å². The Labute approximate surface area is 67.9 Å². The minimum Gasteiger partial charge on any atom is -0.392 e. The second-order valence-electron chi connectivity index (χ2n) is 3.14. The van der Waals surface area contributed by atoms with E-state index < -0.39 is 11.5 Å². The van der Waals surface area contributed by atoms with Crippen molar-refractivity contribution in [3.63, 3.8) is 0 Å². The first-order valence-corrected chi connectivity index (χ1v) is 3.75. The van der Waals surface area contributed by atoms with Crippen LogP contribution in [0.25, 0.3) is 0 Å². The number of hydrogen-bond donors (Lipinski definition) is 1. The van der Waals surface area contributed by atoms with Gasteiger partial charge in [0.2, 0.25) is 0 Å². The van der Waals surface area contributed by atoms with Crippen LogP contribution in [0.1, 0.15) is 27.2 Å². The summed E-state index contributed by atoms with van der Waals surface area (Å²) in [6.07, 6.45) is 1.58. The number of aliphatic hydroxyl groups excluding tert-OH is 1. The molecule has 0 aliphatic heterocycles. The number of hydrogen-bond acceptors (Lipinski definition) is 2. The van der Waals surface area contributed by atoms with Gasteiger partial charge in [-0.1, -0.05) is 6.08 Å². The Morgan fingerprint density at radius 2 is 2.27 bits per heavy atom. The molecule has 0 aliphatic carbocycles. The van der Waals surface area contributed by atoms with Crippen LogP contribution in [-0.2, 0) is 4.79 Å². The second kappa shape index (κ2) is 3.67. The molecule has 0 saturated carbocycles. The van der Waals surface area contributed by atoms with Crippen LogP contribution in [0.2, 0.25) is 0 Å². The topological polar surface area (TPSA) is 37.3 Å². The summed E-state index contributed by atoms with van der Waals surface area (Å²) in [6.45, 7) is 8.42. The van der Waals surface area contributed by atoms with Crippen molar-refractivity contribution in [2.45, 2.75) is 33.3 Å². The average molecular weight is 156 g/mol. The summed E-state index contributed by atoms with van der Waals surface area (Å²) in [6, 6.07) is 0. The fraction of sp³-hybridized carbons (Fsp3) is 0.667. The maximum Gasteiger partial charge on any atom is 0.138 e. The Kier molecular flexibility index (Phi) is 3.46. The van der Waals surface area contributed by atoms with Gasteiger partial charge in [0.15, 0.2) is 0 Å². The van der Waals surface area contributed by atoms with Crippen molar-refractivity contribution < 1.29 is 9.90 Å². The van der Waals surface area contributed by atoms with Gasteiger partial charge in [0, 0.05) is 0 Å². The van der Waals surface area contributed by atoms with E-state index in [1.165, 1.54) is 6.92 Å². The summed E-state index contributed by atoms with van der Waals surface area (Å²) in [5.41, 5.74) is -0.651. The zero-order valence-electron chi connectivity index (χ0n) is 7.42. The van der Waals surface area contributed by atoms with Crippen molar-refractivity contribution in [2.75, 3.05) is 0 Å². The number of allylic oxidation sites excluding steroid dienone is 1. The molecule has 0 spiro atoms. The predicted molar refractivity (Wildman–Crippen MR) is 45.3 cm³/mol. The molecule has 2 nitrogen and oxygen atoms in total. The van der Waals surface area contributed by atoms with E-state index in [0.29, 0.717) is 6.42 Å². The van der Waals surface area contributed by atoms with Crippen LogP contribution in [0.3, 0.4) is 0 Å². The molecule has 0 heterocycles. The van der Waals surface area contributed by atoms with Crippen molar-refractivity contribution in [2.24, 2.45) is 5.41 Å². The van der Waals surface area contributed by atoms with Gasteiger partial charge in [-0.05, 0) is 27.2 Å². The molecule has 2 atom stereocenters. The molecule has 0 fully saturated rings. The Bertz CT molecular complexity index is 161. The summed E-state index contributed by atoms with van der Waals surface area (Å²) in [4.78, 5) is 11.1. The molecular formula is C9H16O2. The highest BCUT2D eigenvalue weighted by molar-refractivity contribution is 5.82. The lowest BCUT2D eigenvalue weighted by molar-refractivity contribution is -0.131. The van der Waals surface area contributed by atoms with Gasteiger partial charge in [-0.2, -0.15) is 0 Å². The van der Waals surface area contributed by atoms with E-state index in [1.807, 2.05) is 0 Å². The van der Waals surface area contributed by atoms with Crippen molar-refractivity contribution in [1.82, 2.24) is 0 Å². The van der Waals surface area contributed by atoms with Crippen LogP contribution < -0.4 is 0 Å². The van der Waals surface area contributed by atoms with Crippen LogP contribution in [0.15, 0.2) is 12.7 Å². The van der Waals surface area contributed by atoms with Gasteiger partial charge < -0.3 is 5.11 Å². The van der Waals surface area contributed by atoms with Crippen molar-refractivity contribution >= 4 is 5.78 Å². The van der Waals surface area contributed by atoms with Gasteiger partial charge >= 0.3 is 0 Å². The summed E-state index contributed by atoms with van der Waals surface area (Å²) in [7, 11) is 0. The zero-order chi connectivity index (χ0) is 9.07. The van der Waals surface area contributed by atoms with E-state index in [1.54, 1.807) is 19.9 Å². The molecule has 64 valence electrons. The second-order valence-corrected chi connectivity index (χ2v) is 3.14. The molecule has 0 unspecified atom stereocenters. The van der Waals surface area contributed by atoms with Gasteiger partial charge in [0.25, 0.3) is 0 Å². The lowest BCUT2D eigenvalue weighted by Gasteiger charge is -2.28. The highest BCUT2D eigenvalue weighted by Crippen LogP contribution is 2.27. The van der Waals surface area contributed by atoms with Crippen molar-refractivity contribution in [3.8, 4) is 0 Å². The number of ketones is 1. The molecule has 0 aliphatic rings. The van der Waals surface area contributed by atoms with Crippen LogP contribution in [0, 0.1) is 5.41 Å². The standard InChI is InChI=1S/C9H16O2/c1-5-6-9(4,7(2)10)8(3)11/h5,7,10H,1,6H2,2-4H3/t7-,9+/m0/s1. The number of Topliss-reactive ketones (excluding diaryl/α,β-unsaturated/α-hetero) is 1. The molecule has 0 rings (SSSR count). The van der Waals surface area contributed by atoms with E-state index in [9.17, 15) is 9.90 Å². The summed E-state index contributed by atoms with van der Waals surface area (Å²) in [5, 5.41) is 9.30. The molecule has 0 radical (unpaired) electrons. The smallest absolute Gasteiger partial charge is 0.138 e. The summed E-state index contributed by atoms with van der Waals surface area (Å²) < 4.78 is 0. The van der Waals surface area contributed by atoms with E-state index in [0.717, 1.165) is 0 Å². The third kappa shape index (κ3) is 2.15. The molecule has 0 bridgehead atoms. The number of aliphatic hydroxyl groups is 1. The van der Waals surface area contributed by atoms with Crippen molar-refractivity contribution in [3.05, 3.63) is 12.7 Å². The first-order valence-electron chi connectivity index (χ1n) is 3.75. The number of carbonyl (C=O) groups excluding carboxylic acids is 1. The maximum atomic E-state index is 11.1. The van der Waals surface area contributed by atoms with Crippen LogP contribution in [-0.4, -0.2) is 17.0 Å². The van der Waals surface area contributed by atoms with E-state index in [2.05, 4.69) is 6.58 Å². The molecule has 0 aromatic heterocycles. The lowest BCUT2D eigenvalue weighted by Crippen LogP contribution is -2.36. The summed E-state index contributed by atoms with van der Waals surface area (Å²) >= 11 is 0. The predicted octanol–water partition coefficient (Wildman–Crippen LogP) is 1.54. The minimum atomic E-state index is -0.651. The Hall–Kier alpha value is -0.630. The highest BCUT2D eigenvalue weighted by atomic mass is 16.3. The molecule has 0 aromatic rings. The third-order valence-electron chi connectivity index (χ3n) is 2.29. The Morgan fingerprint density at radius 1 is 1.82 bits per heavy atom. The van der Waals surface area contributed by atoms with Crippen LogP contribution in [0.5, 0.6) is 0 Å². The maximum absolute atomic E-state index is 11.1. The van der Waals surface area contributed by atoms with Gasteiger partial charge in [0.1, 0.15) is 5.78 Å². The van der Waals surface area contributed by atoms with Crippen molar-refractivity contribution in [1.29, 1.82) is 0 Å². The fourth-order valence-electron chi connectivity index (χ4n) is 0.908. The Balaban J connectivity index is 4.51. The third-order valence-corrected chi connectivity index (χ3v) is 2.29. The van der Waals surface area contributed by atoms with Gasteiger partial charge in [-0.3, -0.25) is 4.79 Å². The summed E-state index contributed by atoms with van der Waals surface area (Å²) in [5.74, 6) is 0.00685. The first kappa shape index (κ1) is 10.4. The van der Waals surface area contributed by atoms with Crippen LogP contribution in [0.4, 0.5) is 0 Å². The zero-order valence-corrected chi connectivity index (χ0v) is 7.42. The molecule has 2 heteroatoms. The van der Waals surface area contributed by atoms with Crippen LogP contribution >= 0.6 is 0 Å².